The zero-order valence-corrected chi connectivity index (χ0v) is 20.3. The van der Waals surface area contributed by atoms with Gasteiger partial charge in [0.2, 0.25) is 0 Å². The second-order valence-corrected chi connectivity index (χ2v) is 11.0. The minimum atomic E-state index is -0.510. The summed E-state index contributed by atoms with van der Waals surface area (Å²) in [5.41, 5.74) is 2.52. The third-order valence-corrected chi connectivity index (χ3v) is 7.40. The number of carbonyl (C=O) groups is 1. The lowest BCUT2D eigenvalue weighted by Gasteiger charge is -2.33. The number of rotatable bonds is 3. The highest BCUT2D eigenvalue weighted by molar-refractivity contribution is 7.18. The van der Waals surface area contributed by atoms with E-state index in [0.29, 0.717) is 18.4 Å². The van der Waals surface area contributed by atoms with Gasteiger partial charge in [-0.2, -0.15) is 0 Å². The molecule has 4 rings (SSSR count). The SMILES string of the molecule is CCN1CCC(c2nc3cc(C4=CCC(C)CN4C(=O)OC(C)(C)C)ccc3s2)CC1. The number of allylic oxidation sites excluding steroid dienone is 1. The van der Waals surface area contributed by atoms with Gasteiger partial charge in [-0.15, -0.1) is 11.3 Å². The van der Waals surface area contributed by atoms with E-state index < -0.39 is 5.60 Å². The number of likely N-dealkylation sites (tertiary alicyclic amines) is 1. The Kier molecular flexibility index (Phi) is 6.40. The molecule has 0 spiro atoms. The summed E-state index contributed by atoms with van der Waals surface area (Å²) in [4.78, 5) is 22.3. The van der Waals surface area contributed by atoms with E-state index in [4.69, 9.17) is 9.72 Å². The molecule has 1 aromatic carbocycles. The molecule has 1 aromatic heterocycles. The number of ether oxygens (including phenoxy) is 1. The Morgan fingerprint density at radius 3 is 2.68 bits per heavy atom. The van der Waals surface area contributed by atoms with Crippen molar-refractivity contribution in [1.29, 1.82) is 0 Å². The topological polar surface area (TPSA) is 45.7 Å². The smallest absolute Gasteiger partial charge is 0.414 e. The van der Waals surface area contributed by atoms with Gasteiger partial charge >= 0.3 is 6.09 Å². The summed E-state index contributed by atoms with van der Waals surface area (Å²) < 4.78 is 6.92. The lowest BCUT2D eigenvalue weighted by molar-refractivity contribution is 0.0327. The number of piperidine rings is 1. The molecular weight excluding hydrogens is 406 g/mol. The van der Waals surface area contributed by atoms with Gasteiger partial charge in [0.1, 0.15) is 5.60 Å². The largest absolute Gasteiger partial charge is 0.443 e. The Morgan fingerprint density at radius 2 is 2.00 bits per heavy atom. The van der Waals surface area contributed by atoms with Crippen molar-refractivity contribution in [3.63, 3.8) is 0 Å². The Bertz CT molecular complexity index is 967. The molecule has 6 heteroatoms. The number of thiazole rings is 1. The van der Waals surface area contributed by atoms with Crippen molar-refractivity contribution in [2.75, 3.05) is 26.2 Å². The predicted octanol–water partition coefficient (Wildman–Crippen LogP) is 6.11. The molecule has 31 heavy (non-hydrogen) atoms. The summed E-state index contributed by atoms with van der Waals surface area (Å²) in [6.07, 6.45) is 5.25. The highest BCUT2D eigenvalue weighted by Crippen LogP contribution is 2.36. The van der Waals surface area contributed by atoms with E-state index >= 15 is 0 Å². The summed E-state index contributed by atoms with van der Waals surface area (Å²) >= 11 is 1.83. The predicted molar refractivity (Wildman–Crippen MR) is 128 cm³/mol. The van der Waals surface area contributed by atoms with Crippen molar-refractivity contribution < 1.29 is 9.53 Å². The minimum Gasteiger partial charge on any atom is -0.443 e. The van der Waals surface area contributed by atoms with Crippen LogP contribution in [0.25, 0.3) is 15.9 Å². The monoisotopic (exact) mass is 441 g/mol. The molecule has 1 saturated heterocycles. The molecule has 2 aromatic rings. The van der Waals surface area contributed by atoms with Crippen LogP contribution in [-0.2, 0) is 4.74 Å². The molecule has 0 bridgehead atoms. The number of carbonyl (C=O) groups excluding carboxylic acids is 1. The van der Waals surface area contributed by atoms with Crippen LogP contribution >= 0.6 is 11.3 Å². The summed E-state index contributed by atoms with van der Waals surface area (Å²) in [6, 6.07) is 6.44. The number of benzene rings is 1. The van der Waals surface area contributed by atoms with Crippen LogP contribution in [-0.4, -0.2) is 52.7 Å². The number of fused-ring (bicyclic) bond motifs is 1. The molecule has 1 fully saturated rings. The van der Waals surface area contributed by atoms with E-state index in [9.17, 15) is 4.79 Å². The van der Waals surface area contributed by atoms with Crippen molar-refractivity contribution in [3.05, 3.63) is 34.8 Å². The average molecular weight is 442 g/mol. The molecule has 0 radical (unpaired) electrons. The first-order valence-corrected chi connectivity index (χ1v) is 12.4. The molecule has 1 amide bonds. The van der Waals surface area contributed by atoms with Gasteiger partial charge in [0.15, 0.2) is 0 Å². The van der Waals surface area contributed by atoms with Gasteiger partial charge in [-0.3, -0.25) is 4.90 Å². The standard InChI is InChI=1S/C25H35N3O2S/c1-6-27-13-11-18(12-14-27)23-26-20-15-19(8-10-22(20)31-23)21-9-7-17(2)16-28(21)24(29)30-25(3,4)5/h8-10,15,17-18H,6-7,11-14,16H2,1-5H3. The van der Waals surface area contributed by atoms with E-state index in [2.05, 4.69) is 43.0 Å². The normalized spacial score (nSPS) is 21.4. The van der Waals surface area contributed by atoms with Crippen LogP contribution in [0.15, 0.2) is 24.3 Å². The van der Waals surface area contributed by atoms with Gasteiger partial charge in [0.05, 0.1) is 20.9 Å². The lowest BCUT2D eigenvalue weighted by atomic mass is 9.97. The van der Waals surface area contributed by atoms with Crippen LogP contribution in [0.2, 0.25) is 0 Å². The molecule has 0 aliphatic carbocycles. The van der Waals surface area contributed by atoms with Crippen LogP contribution in [0.5, 0.6) is 0 Å². The average Bonchev–Trinajstić information content (AvgIpc) is 3.16. The summed E-state index contributed by atoms with van der Waals surface area (Å²) in [7, 11) is 0. The summed E-state index contributed by atoms with van der Waals surface area (Å²) in [5.74, 6) is 0.983. The quantitative estimate of drug-likeness (QED) is 0.576. The fourth-order valence-electron chi connectivity index (χ4n) is 4.45. The second-order valence-electron chi connectivity index (χ2n) is 9.96. The molecule has 5 nitrogen and oxygen atoms in total. The van der Waals surface area contributed by atoms with Gasteiger partial charge in [-0.1, -0.05) is 26.0 Å². The second kappa shape index (κ2) is 8.91. The minimum absolute atomic E-state index is 0.271. The van der Waals surface area contributed by atoms with Crippen LogP contribution in [0.3, 0.4) is 0 Å². The van der Waals surface area contributed by atoms with E-state index in [1.807, 2.05) is 32.1 Å². The number of hydrogen-bond donors (Lipinski definition) is 0. The first-order chi connectivity index (χ1) is 14.7. The zero-order valence-electron chi connectivity index (χ0n) is 19.5. The zero-order chi connectivity index (χ0) is 22.2. The molecule has 2 aliphatic heterocycles. The van der Waals surface area contributed by atoms with Gasteiger partial charge in [0, 0.05) is 18.0 Å². The van der Waals surface area contributed by atoms with Crippen molar-refractivity contribution in [2.45, 2.75) is 65.4 Å². The van der Waals surface area contributed by atoms with E-state index in [-0.39, 0.29) is 6.09 Å². The van der Waals surface area contributed by atoms with Crippen LogP contribution in [0, 0.1) is 5.92 Å². The van der Waals surface area contributed by atoms with Gasteiger partial charge in [-0.25, -0.2) is 9.78 Å². The van der Waals surface area contributed by atoms with Crippen LogP contribution in [0.4, 0.5) is 4.79 Å². The van der Waals surface area contributed by atoms with Crippen molar-refractivity contribution in [3.8, 4) is 0 Å². The molecule has 1 unspecified atom stereocenters. The summed E-state index contributed by atoms with van der Waals surface area (Å²) in [6.45, 7) is 14.3. The maximum atomic E-state index is 12.9. The molecule has 0 N–H and O–H groups in total. The van der Waals surface area contributed by atoms with Gasteiger partial charge in [-0.05, 0) is 77.7 Å². The number of aromatic nitrogens is 1. The highest BCUT2D eigenvalue weighted by Gasteiger charge is 2.30. The fraction of sp³-hybridized carbons (Fsp3) is 0.600. The van der Waals surface area contributed by atoms with Gasteiger partial charge in [0.25, 0.3) is 0 Å². The van der Waals surface area contributed by atoms with Crippen molar-refractivity contribution in [1.82, 2.24) is 14.8 Å². The molecule has 3 heterocycles. The van der Waals surface area contributed by atoms with Crippen molar-refractivity contribution in [2.24, 2.45) is 5.92 Å². The first-order valence-electron chi connectivity index (χ1n) is 11.6. The molecule has 1 atom stereocenters. The fourth-order valence-corrected chi connectivity index (χ4v) is 5.56. The van der Waals surface area contributed by atoms with Crippen LogP contribution in [0.1, 0.15) is 70.4 Å². The molecule has 0 saturated carbocycles. The molecule has 168 valence electrons. The Morgan fingerprint density at radius 1 is 1.26 bits per heavy atom. The maximum Gasteiger partial charge on any atom is 0.414 e. The van der Waals surface area contributed by atoms with E-state index in [0.717, 1.165) is 42.8 Å². The lowest BCUT2D eigenvalue weighted by Crippen LogP contribution is -2.39. The molecular formula is C25H35N3O2S. The third kappa shape index (κ3) is 5.12. The Labute approximate surface area is 190 Å². The number of nitrogens with zero attached hydrogens (tertiary/aromatic N) is 3. The van der Waals surface area contributed by atoms with E-state index in [1.165, 1.54) is 22.5 Å². The maximum absolute atomic E-state index is 12.9. The Hall–Kier alpha value is -1.92. The Balaban J connectivity index is 1.58. The van der Waals surface area contributed by atoms with Crippen molar-refractivity contribution >= 4 is 33.3 Å². The highest BCUT2D eigenvalue weighted by atomic mass is 32.1. The summed E-state index contributed by atoms with van der Waals surface area (Å²) in [5, 5.41) is 1.26. The van der Waals surface area contributed by atoms with Crippen LogP contribution < -0.4 is 0 Å². The number of hydrogen-bond acceptors (Lipinski definition) is 5. The molecule has 2 aliphatic rings. The first kappa shape index (κ1) is 22.3. The van der Waals surface area contributed by atoms with E-state index in [1.54, 1.807) is 4.90 Å². The van der Waals surface area contributed by atoms with Gasteiger partial charge < -0.3 is 9.64 Å². The number of amides is 1. The third-order valence-electron chi connectivity index (χ3n) is 6.20.